The first-order chi connectivity index (χ1) is 9.28. The van der Waals surface area contributed by atoms with E-state index in [1.807, 2.05) is 0 Å². The number of nitrogens with zero attached hydrogens (tertiary/aromatic N) is 2. The van der Waals surface area contributed by atoms with Crippen molar-refractivity contribution in [3.63, 3.8) is 0 Å². The lowest BCUT2D eigenvalue weighted by Crippen LogP contribution is -2.31. The highest BCUT2D eigenvalue weighted by Crippen LogP contribution is 2.32. The Morgan fingerprint density at radius 3 is 3.11 bits per heavy atom. The minimum absolute atomic E-state index is 0.281. The Balaban J connectivity index is 1.83. The topological polar surface area (TPSA) is 42.4 Å². The number of hydrogen-bond acceptors (Lipinski definition) is 5. The Hall–Kier alpha value is -0.940. The molecule has 1 unspecified atom stereocenters. The fourth-order valence-electron chi connectivity index (χ4n) is 2.71. The monoisotopic (exact) mass is 280 g/mol. The van der Waals surface area contributed by atoms with Gasteiger partial charge < -0.3 is 9.64 Å². The van der Waals surface area contributed by atoms with Crippen LogP contribution in [-0.4, -0.2) is 36.6 Å². The molecule has 0 spiro atoms. The van der Waals surface area contributed by atoms with Gasteiger partial charge in [0.2, 0.25) is 0 Å². The largest absolute Gasteiger partial charge is 0.376 e. The molecule has 0 aromatic carbocycles. The average Bonchev–Trinajstić information content (AvgIpc) is 2.71. The number of ether oxygens (including phenoxy) is 1. The lowest BCUT2D eigenvalue weighted by atomic mass is 10.0. The Bertz CT molecular complexity index is 472. The van der Waals surface area contributed by atoms with Crippen LogP contribution >= 0.6 is 11.3 Å². The summed E-state index contributed by atoms with van der Waals surface area (Å²) >= 11 is 1.58. The average molecular weight is 280 g/mol. The van der Waals surface area contributed by atoms with Gasteiger partial charge in [-0.1, -0.05) is 18.3 Å². The van der Waals surface area contributed by atoms with Gasteiger partial charge in [0.15, 0.2) is 10.9 Å². The van der Waals surface area contributed by atoms with Crippen molar-refractivity contribution in [3.8, 4) is 0 Å². The molecule has 1 atom stereocenters. The molecule has 1 saturated heterocycles. The quantitative estimate of drug-likeness (QED) is 0.835. The van der Waals surface area contributed by atoms with Gasteiger partial charge in [0.25, 0.3) is 0 Å². The van der Waals surface area contributed by atoms with E-state index in [1.165, 1.54) is 0 Å². The standard InChI is InChI=1S/C14H20N2O2S/c1-2-10-9-16(7-4-8-18-10)14-15-11-5-3-6-12(17)13(11)19-14/h10H,2-9H2,1H3. The molecule has 1 aliphatic carbocycles. The van der Waals surface area contributed by atoms with Crippen molar-refractivity contribution in [1.82, 2.24) is 4.98 Å². The SMILES string of the molecule is CCC1CN(c2nc3c(s2)C(=O)CCC3)CCCO1. The number of aryl methyl sites for hydroxylation is 1. The number of Topliss-reactive ketones (excluding diaryl/α,β-unsaturated/α-hetero) is 1. The molecular weight excluding hydrogens is 260 g/mol. The third-order valence-corrected chi connectivity index (χ3v) is 5.03. The van der Waals surface area contributed by atoms with Gasteiger partial charge in [0.05, 0.1) is 16.7 Å². The van der Waals surface area contributed by atoms with Gasteiger partial charge in [-0.2, -0.15) is 0 Å². The summed E-state index contributed by atoms with van der Waals surface area (Å²) in [6, 6.07) is 0. The summed E-state index contributed by atoms with van der Waals surface area (Å²) in [5.74, 6) is 0.281. The Kier molecular flexibility index (Phi) is 3.84. The highest BCUT2D eigenvalue weighted by Gasteiger charge is 2.26. The second-order valence-electron chi connectivity index (χ2n) is 5.25. The highest BCUT2D eigenvalue weighted by atomic mass is 32.1. The molecule has 0 amide bonds. The second kappa shape index (κ2) is 5.59. The fourth-order valence-corrected chi connectivity index (χ4v) is 3.82. The molecule has 1 fully saturated rings. The second-order valence-corrected chi connectivity index (χ2v) is 6.23. The predicted octanol–water partition coefficient (Wildman–Crippen LogP) is 2.67. The Labute approximate surface area is 117 Å². The normalized spacial score (nSPS) is 24.2. The van der Waals surface area contributed by atoms with E-state index in [9.17, 15) is 4.79 Å². The zero-order chi connectivity index (χ0) is 13.2. The van der Waals surface area contributed by atoms with Gasteiger partial charge in [-0.3, -0.25) is 4.79 Å². The number of anilines is 1. The summed E-state index contributed by atoms with van der Waals surface area (Å²) in [6.07, 6.45) is 4.96. The maximum absolute atomic E-state index is 11.9. The minimum Gasteiger partial charge on any atom is -0.376 e. The first-order valence-corrected chi connectivity index (χ1v) is 7.99. The molecule has 1 aromatic rings. The molecule has 2 aliphatic rings. The first kappa shape index (κ1) is 13.1. The van der Waals surface area contributed by atoms with Gasteiger partial charge in [0, 0.05) is 26.1 Å². The molecular formula is C14H20N2O2S. The molecule has 0 saturated carbocycles. The molecule has 0 radical (unpaired) electrons. The van der Waals surface area contributed by atoms with E-state index in [1.54, 1.807) is 11.3 Å². The van der Waals surface area contributed by atoms with Gasteiger partial charge >= 0.3 is 0 Å². The van der Waals surface area contributed by atoms with Crippen LogP contribution in [0.1, 0.15) is 48.0 Å². The predicted molar refractivity (Wildman–Crippen MR) is 76.2 cm³/mol. The van der Waals surface area contributed by atoms with Crippen molar-refractivity contribution < 1.29 is 9.53 Å². The molecule has 0 bridgehead atoms. The van der Waals surface area contributed by atoms with Gasteiger partial charge in [0.1, 0.15) is 0 Å². The third kappa shape index (κ3) is 2.67. The van der Waals surface area contributed by atoms with Crippen molar-refractivity contribution in [3.05, 3.63) is 10.6 Å². The van der Waals surface area contributed by atoms with Gasteiger partial charge in [-0.15, -0.1) is 0 Å². The molecule has 4 nitrogen and oxygen atoms in total. The number of rotatable bonds is 2. The van der Waals surface area contributed by atoms with Crippen LogP contribution in [0, 0.1) is 0 Å². The van der Waals surface area contributed by atoms with E-state index in [0.717, 1.165) is 61.1 Å². The van der Waals surface area contributed by atoms with E-state index in [-0.39, 0.29) is 5.78 Å². The van der Waals surface area contributed by atoms with E-state index in [0.29, 0.717) is 12.5 Å². The van der Waals surface area contributed by atoms with Crippen LogP contribution in [0.5, 0.6) is 0 Å². The van der Waals surface area contributed by atoms with Crippen molar-refractivity contribution in [1.29, 1.82) is 0 Å². The number of hydrogen-bond donors (Lipinski definition) is 0. The molecule has 104 valence electrons. The molecule has 3 rings (SSSR count). The van der Waals surface area contributed by atoms with Crippen LogP contribution < -0.4 is 4.90 Å². The van der Waals surface area contributed by atoms with Crippen LogP contribution in [-0.2, 0) is 11.2 Å². The molecule has 19 heavy (non-hydrogen) atoms. The summed E-state index contributed by atoms with van der Waals surface area (Å²) in [5.41, 5.74) is 1.02. The zero-order valence-electron chi connectivity index (χ0n) is 11.4. The van der Waals surface area contributed by atoms with Crippen LogP contribution in [0.15, 0.2) is 0 Å². The Morgan fingerprint density at radius 2 is 2.32 bits per heavy atom. The maximum atomic E-state index is 11.9. The Morgan fingerprint density at radius 1 is 1.42 bits per heavy atom. The molecule has 2 heterocycles. The summed E-state index contributed by atoms with van der Waals surface area (Å²) in [7, 11) is 0. The summed E-state index contributed by atoms with van der Waals surface area (Å²) in [4.78, 5) is 19.8. The highest BCUT2D eigenvalue weighted by molar-refractivity contribution is 7.17. The molecule has 1 aromatic heterocycles. The van der Waals surface area contributed by atoms with Crippen molar-refractivity contribution in [2.75, 3.05) is 24.6 Å². The number of carbonyl (C=O) groups is 1. The van der Waals surface area contributed by atoms with E-state index in [2.05, 4.69) is 11.8 Å². The lowest BCUT2D eigenvalue weighted by Gasteiger charge is -2.22. The fraction of sp³-hybridized carbons (Fsp3) is 0.714. The van der Waals surface area contributed by atoms with Crippen LogP contribution in [0.3, 0.4) is 0 Å². The zero-order valence-corrected chi connectivity index (χ0v) is 12.2. The van der Waals surface area contributed by atoms with Crippen molar-refractivity contribution >= 4 is 22.3 Å². The minimum atomic E-state index is 0.281. The summed E-state index contributed by atoms with van der Waals surface area (Å²) < 4.78 is 5.80. The van der Waals surface area contributed by atoms with E-state index in [4.69, 9.17) is 9.72 Å². The van der Waals surface area contributed by atoms with E-state index >= 15 is 0 Å². The first-order valence-electron chi connectivity index (χ1n) is 7.17. The maximum Gasteiger partial charge on any atom is 0.186 e. The molecule has 1 aliphatic heterocycles. The van der Waals surface area contributed by atoms with Gasteiger partial charge in [-0.05, 0) is 25.7 Å². The smallest absolute Gasteiger partial charge is 0.186 e. The number of aromatic nitrogens is 1. The van der Waals surface area contributed by atoms with E-state index < -0.39 is 0 Å². The van der Waals surface area contributed by atoms with Gasteiger partial charge in [-0.25, -0.2) is 4.98 Å². The van der Waals surface area contributed by atoms with Crippen LogP contribution in [0.25, 0.3) is 0 Å². The number of carbonyl (C=O) groups excluding carboxylic acids is 1. The van der Waals surface area contributed by atoms with Crippen molar-refractivity contribution in [2.24, 2.45) is 0 Å². The van der Waals surface area contributed by atoms with Crippen molar-refractivity contribution in [2.45, 2.75) is 45.1 Å². The number of thiazole rings is 1. The third-order valence-electron chi connectivity index (χ3n) is 3.83. The van der Waals surface area contributed by atoms with Crippen LogP contribution in [0.4, 0.5) is 5.13 Å². The summed E-state index contributed by atoms with van der Waals surface area (Å²) in [5, 5.41) is 1.02. The molecule has 0 N–H and O–H groups in total. The summed E-state index contributed by atoms with van der Waals surface area (Å²) in [6.45, 7) is 4.87. The lowest BCUT2D eigenvalue weighted by molar-refractivity contribution is 0.0664. The number of ketones is 1. The molecule has 5 heteroatoms. The van der Waals surface area contributed by atoms with Crippen LogP contribution in [0.2, 0.25) is 0 Å². The number of fused-ring (bicyclic) bond motifs is 1.